The highest BCUT2D eigenvalue weighted by Crippen LogP contribution is 2.35. The van der Waals surface area contributed by atoms with Crippen LogP contribution in [0.3, 0.4) is 0 Å². The number of fused-ring (bicyclic) bond motifs is 1. The Hall–Kier alpha value is -2.80. The first-order valence-corrected chi connectivity index (χ1v) is 11.4. The predicted octanol–water partition coefficient (Wildman–Crippen LogP) is 6.73. The number of halogens is 2. The molecule has 2 aromatic carbocycles. The van der Waals surface area contributed by atoms with Gasteiger partial charge in [-0.05, 0) is 42.3 Å². The second kappa shape index (κ2) is 9.77. The number of carbonyl (C=O) groups excluding carboxylic acids is 1. The molecule has 162 valence electrons. The molecule has 0 fully saturated rings. The highest BCUT2D eigenvalue weighted by Gasteiger charge is 2.19. The van der Waals surface area contributed by atoms with Gasteiger partial charge in [0.15, 0.2) is 5.82 Å². The molecule has 0 aliphatic carbocycles. The number of hydrogen-bond donors (Lipinski definition) is 1. The Morgan fingerprint density at radius 2 is 1.88 bits per heavy atom. The summed E-state index contributed by atoms with van der Waals surface area (Å²) < 4.78 is 5.37. The predicted molar refractivity (Wildman–Crippen MR) is 132 cm³/mol. The van der Waals surface area contributed by atoms with Crippen LogP contribution in [0.4, 0.5) is 5.82 Å². The van der Waals surface area contributed by atoms with Crippen molar-refractivity contribution >= 4 is 57.6 Å². The Balaban J connectivity index is 1.65. The number of pyridine rings is 2. The summed E-state index contributed by atoms with van der Waals surface area (Å²) in [4.78, 5) is 21.6. The minimum Gasteiger partial charge on any atom is -0.497 e. The van der Waals surface area contributed by atoms with Crippen LogP contribution < -0.4 is 10.1 Å². The standard InChI is InChI=1S/C24H19Cl2N3O2S/c1-14(24(30)29-23-20(26)10-16(25)13-27-23)32-22-12-19(15-6-4-3-5-7-15)18-9-8-17(31-2)11-21(18)28-22/h3-14H,1-2H3,(H,27,29,30)/t14-/m0/s1. The van der Waals surface area contributed by atoms with Gasteiger partial charge in [0.25, 0.3) is 0 Å². The molecule has 32 heavy (non-hydrogen) atoms. The zero-order chi connectivity index (χ0) is 22.7. The molecule has 4 aromatic rings. The lowest BCUT2D eigenvalue weighted by molar-refractivity contribution is -0.115. The van der Waals surface area contributed by atoms with Crippen molar-refractivity contribution in [3.63, 3.8) is 0 Å². The number of anilines is 1. The molecule has 2 aromatic heterocycles. The minimum absolute atomic E-state index is 0.236. The molecule has 0 aliphatic rings. The fourth-order valence-electron chi connectivity index (χ4n) is 3.19. The minimum atomic E-state index is -0.442. The van der Waals surface area contributed by atoms with Crippen molar-refractivity contribution in [2.45, 2.75) is 17.2 Å². The normalized spacial score (nSPS) is 11.9. The summed E-state index contributed by atoms with van der Waals surface area (Å²) in [5.74, 6) is 0.760. The Labute approximate surface area is 200 Å². The van der Waals surface area contributed by atoms with Gasteiger partial charge in [-0.1, -0.05) is 65.3 Å². The van der Waals surface area contributed by atoms with Crippen molar-refractivity contribution in [3.8, 4) is 16.9 Å². The molecule has 1 amide bonds. The highest BCUT2D eigenvalue weighted by molar-refractivity contribution is 8.00. The van der Waals surface area contributed by atoms with Gasteiger partial charge in [-0.3, -0.25) is 4.79 Å². The van der Waals surface area contributed by atoms with Crippen molar-refractivity contribution in [1.29, 1.82) is 0 Å². The lowest BCUT2D eigenvalue weighted by Gasteiger charge is -2.14. The van der Waals surface area contributed by atoms with Crippen LogP contribution in [0.25, 0.3) is 22.0 Å². The summed E-state index contributed by atoms with van der Waals surface area (Å²) in [6.45, 7) is 1.81. The van der Waals surface area contributed by atoms with E-state index in [2.05, 4.69) is 22.4 Å². The molecular formula is C24H19Cl2N3O2S. The van der Waals surface area contributed by atoms with Crippen molar-refractivity contribution in [2.75, 3.05) is 12.4 Å². The summed E-state index contributed by atoms with van der Waals surface area (Å²) in [5.41, 5.74) is 2.90. The lowest BCUT2D eigenvalue weighted by Crippen LogP contribution is -2.23. The zero-order valence-corrected chi connectivity index (χ0v) is 19.6. The Morgan fingerprint density at radius 3 is 2.59 bits per heavy atom. The van der Waals surface area contributed by atoms with E-state index < -0.39 is 5.25 Å². The van der Waals surface area contributed by atoms with E-state index in [4.69, 9.17) is 32.9 Å². The molecule has 0 radical (unpaired) electrons. The largest absolute Gasteiger partial charge is 0.497 e. The number of nitrogens with one attached hydrogen (secondary N) is 1. The van der Waals surface area contributed by atoms with E-state index >= 15 is 0 Å². The van der Waals surface area contributed by atoms with E-state index in [1.54, 1.807) is 7.11 Å². The third kappa shape index (κ3) is 4.99. The van der Waals surface area contributed by atoms with Gasteiger partial charge >= 0.3 is 0 Å². The van der Waals surface area contributed by atoms with Crippen molar-refractivity contribution in [1.82, 2.24) is 9.97 Å². The first-order valence-electron chi connectivity index (χ1n) is 9.77. The van der Waals surface area contributed by atoms with Crippen LogP contribution in [0.2, 0.25) is 10.0 Å². The Morgan fingerprint density at radius 1 is 1.09 bits per heavy atom. The second-order valence-corrected chi connectivity index (χ2v) is 9.20. The number of carbonyl (C=O) groups is 1. The number of aromatic nitrogens is 2. The molecule has 1 atom stereocenters. The zero-order valence-electron chi connectivity index (χ0n) is 17.3. The Bertz CT molecular complexity index is 1290. The van der Waals surface area contributed by atoms with Gasteiger partial charge in [0.1, 0.15) is 5.75 Å². The number of amides is 1. The van der Waals surface area contributed by atoms with Gasteiger partial charge in [-0.2, -0.15) is 0 Å². The van der Waals surface area contributed by atoms with Crippen LogP contribution in [0.1, 0.15) is 6.92 Å². The van der Waals surface area contributed by atoms with Gasteiger partial charge in [0.2, 0.25) is 5.91 Å². The lowest BCUT2D eigenvalue weighted by atomic mass is 10.0. The van der Waals surface area contributed by atoms with Gasteiger partial charge in [0.05, 0.1) is 32.9 Å². The summed E-state index contributed by atoms with van der Waals surface area (Å²) in [5, 5.41) is 4.73. The number of ether oxygens (including phenoxy) is 1. The van der Waals surface area contributed by atoms with Crippen molar-refractivity contribution in [3.05, 3.63) is 76.9 Å². The smallest absolute Gasteiger partial charge is 0.238 e. The number of methoxy groups -OCH3 is 1. The van der Waals surface area contributed by atoms with Crippen LogP contribution in [-0.4, -0.2) is 28.2 Å². The van der Waals surface area contributed by atoms with Crippen molar-refractivity contribution < 1.29 is 9.53 Å². The summed E-state index contributed by atoms with van der Waals surface area (Å²) >= 11 is 13.4. The number of nitrogens with zero attached hydrogens (tertiary/aromatic N) is 2. The van der Waals surface area contributed by atoms with Crippen LogP contribution in [-0.2, 0) is 4.79 Å². The molecule has 8 heteroatoms. The second-order valence-electron chi connectivity index (χ2n) is 6.99. The maximum Gasteiger partial charge on any atom is 0.238 e. The molecule has 0 bridgehead atoms. The first-order chi connectivity index (χ1) is 15.4. The van der Waals surface area contributed by atoms with Crippen LogP contribution in [0.15, 0.2) is 71.9 Å². The summed E-state index contributed by atoms with van der Waals surface area (Å²) in [6, 6.07) is 19.4. The molecule has 0 unspecified atom stereocenters. The van der Waals surface area contributed by atoms with Gasteiger partial charge in [-0.15, -0.1) is 0 Å². The summed E-state index contributed by atoms with van der Waals surface area (Å²) in [7, 11) is 1.63. The van der Waals surface area contributed by atoms with E-state index in [9.17, 15) is 4.79 Å². The molecule has 0 saturated carbocycles. The number of hydrogen-bond acceptors (Lipinski definition) is 5. The molecule has 0 aliphatic heterocycles. The molecular weight excluding hydrogens is 465 g/mol. The maximum absolute atomic E-state index is 12.8. The number of rotatable bonds is 6. The molecule has 0 spiro atoms. The monoisotopic (exact) mass is 483 g/mol. The van der Waals surface area contributed by atoms with Crippen molar-refractivity contribution in [2.24, 2.45) is 0 Å². The molecule has 0 saturated heterocycles. The molecule has 4 rings (SSSR count). The van der Waals surface area contributed by atoms with Gasteiger partial charge < -0.3 is 10.1 Å². The highest BCUT2D eigenvalue weighted by atomic mass is 35.5. The molecule has 2 heterocycles. The SMILES string of the molecule is COc1ccc2c(-c3ccccc3)cc(S[C@@H](C)C(=O)Nc3ncc(Cl)cc3Cl)nc2c1. The third-order valence-corrected chi connectivity index (χ3v) is 6.31. The molecule has 1 N–H and O–H groups in total. The van der Waals surface area contributed by atoms with Crippen LogP contribution in [0, 0.1) is 0 Å². The van der Waals surface area contributed by atoms with E-state index in [-0.39, 0.29) is 16.7 Å². The Kier molecular flexibility index (Phi) is 6.84. The maximum atomic E-state index is 12.8. The number of thioether (sulfide) groups is 1. The quantitative estimate of drug-likeness (QED) is 0.308. The first kappa shape index (κ1) is 22.4. The van der Waals surface area contributed by atoms with E-state index in [0.29, 0.717) is 5.02 Å². The summed E-state index contributed by atoms with van der Waals surface area (Å²) in [6.07, 6.45) is 1.44. The topological polar surface area (TPSA) is 64.1 Å². The van der Waals surface area contributed by atoms with Crippen LogP contribution >= 0.6 is 35.0 Å². The average Bonchev–Trinajstić information content (AvgIpc) is 2.80. The number of benzene rings is 2. The fourth-order valence-corrected chi connectivity index (χ4v) is 4.48. The van der Waals surface area contributed by atoms with Crippen LogP contribution in [0.5, 0.6) is 5.75 Å². The van der Waals surface area contributed by atoms with E-state index in [1.807, 2.05) is 49.4 Å². The fraction of sp³-hybridized carbons (Fsp3) is 0.125. The van der Waals surface area contributed by atoms with E-state index in [1.165, 1.54) is 24.0 Å². The van der Waals surface area contributed by atoms with Gasteiger partial charge in [0, 0.05) is 17.6 Å². The third-order valence-electron chi connectivity index (χ3n) is 4.79. The van der Waals surface area contributed by atoms with Gasteiger partial charge in [-0.25, -0.2) is 9.97 Å². The van der Waals surface area contributed by atoms with E-state index in [0.717, 1.165) is 32.8 Å². The molecule has 5 nitrogen and oxygen atoms in total. The average molecular weight is 484 g/mol.